The van der Waals surface area contributed by atoms with Crippen molar-refractivity contribution in [1.82, 2.24) is 5.32 Å². The Bertz CT molecular complexity index is 438. The number of ether oxygens (including phenoxy) is 1. The van der Waals surface area contributed by atoms with Crippen LogP contribution >= 0.6 is 0 Å². The summed E-state index contributed by atoms with van der Waals surface area (Å²) in [5.41, 5.74) is 2.96. The highest BCUT2D eigenvalue weighted by Gasteiger charge is 2.27. The molecule has 0 spiro atoms. The van der Waals surface area contributed by atoms with Gasteiger partial charge in [-0.3, -0.25) is 0 Å². The van der Waals surface area contributed by atoms with Gasteiger partial charge in [0.2, 0.25) is 0 Å². The molecule has 3 rings (SSSR count). The lowest BCUT2D eigenvalue weighted by atomic mass is 9.84. The zero-order chi connectivity index (χ0) is 13.1. The molecule has 19 heavy (non-hydrogen) atoms. The zero-order valence-corrected chi connectivity index (χ0v) is 11.8. The average Bonchev–Trinajstić information content (AvgIpc) is 2.46. The van der Waals surface area contributed by atoms with Gasteiger partial charge in [-0.05, 0) is 43.9 Å². The van der Waals surface area contributed by atoms with Crippen molar-refractivity contribution in [2.75, 3.05) is 31.6 Å². The number of hydrogen-bond donors (Lipinski definition) is 2. The van der Waals surface area contributed by atoms with Crippen LogP contribution < -0.4 is 15.4 Å². The second-order valence-corrected chi connectivity index (χ2v) is 6.23. The Morgan fingerprint density at radius 3 is 3.05 bits per heavy atom. The van der Waals surface area contributed by atoms with Crippen LogP contribution in [0.3, 0.4) is 0 Å². The second kappa shape index (κ2) is 5.41. The fourth-order valence-corrected chi connectivity index (χ4v) is 3.03. The Labute approximate surface area is 115 Å². The van der Waals surface area contributed by atoms with E-state index in [1.165, 1.54) is 36.9 Å². The minimum atomic E-state index is 0.279. The molecule has 2 N–H and O–H groups in total. The van der Waals surface area contributed by atoms with Crippen molar-refractivity contribution < 1.29 is 4.74 Å². The molecule has 2 heterocycles. The molecule has 104 valence electrons. The number of benzene rings is 1. The summed E-state index contributed by atoms with van der Waals surface area (Å²) in [6.07, 6.45) is 4.93. The van der Waals surface area contributed by atoms with E-state index in [0.717, 1.165) is 32.0 Å². The quantitative estimate of drug-likeness (QED) is 0.877. The average molecular weight is 260 g/mol. The second-order valence-electron chi connectivity index (χ2n) is 6.23. The SMILES string of the molecule is CC1(COc2ccc3c(c2)NCCC3)CCCNC1. The highest BCUT2D eigenvalue weighted by atomic mass is 16.5. The Kier molecular flexibility index (Phi) is 3.65. The third-order valence-corrected chi connectivity index (χ3v) is 4.29. The lowest BCUT2D eigenvalue weighted by Gasteiger charge is -2.33. The largest absolute Gasteiger partial charge is 0.493 e. The number of aryl methyl sites for hydroxylation is 1. The van der Waals surface area contributed by atoms with Gasteiger partial charge in [-0.2, -0.15) is 0 Å². The van der Waals surface area contributed by atoms with Gasteiger partial charge < -0.3 is 15.4 Å². The number of piperidine rings is 1. The van der Waals surface area contributed by atoms with E-state index in [9.17, 15) is 0 Å². The van der Waals surface area contributed by atoms with Gasteiger partial charge in [-0.1, -0.05) is 13.0 Å². The Morgan fingerprint density at radius 2 is 2.21 bits per heavy atom. The molecule has 1 atom stereocenters. The first-order valence-electron chi connectivity index (χ1n) is 7.46. The topological polar surface area (TPSA) is 33.3 Å². The van der Waals surface area contributed by atoms with Gasteiger partial charge in [0, 0.05) is 30.3 Å². The summed E-state index contributed by atoms with van der Waals surface area (Å²) in [5, 5.41) is 6.93. The van der Waals surface area contributed by atoms with Crippen molar-refractivity contribution in [2.45, 2.75) is 32.6 Å². The van der Waals surface area contributed by atoms with Crippen LogP contribution in [0.15, 0.2) is 18.2 Å². The first-order valence-corrected chi connectivity index (χ1v) is 7.46. The lowest BCUT2D eigenvalue weighted by molar-refractivity contribution is 0.129. The first-order chi connectivity index (χ1) is 9.25. The van der Waals surface area contributed by atoms with Crippen LogP contribution in [0.4, 0.5) is 5.69 Å². The van der Waals surface area contributed by atoms with E-state index >= 15 is 0 Å². The van der Waals surface area contributed by atoms with Gasteiger partial charge in [0.05, 0.1) is 6.61 Å². The molecule has 1 fully saturated rings. The summed E-state index contributed by atoms with van der Waals surface area (Å²) < 4.78 is 6.03. The van der Waals surface area contributed by atoms with E-state index in [-0.39, 0.29) is 5.41 Å². The standard InChI is InChI=1S/C16H24N2O/c1-16(7-3-8-17-11-16)12-19-14-6-5-13-4-2-9-18-15(13)10-14/h5-6,10,17-18H,2-4,7-9,11-12H2,1H3. The van der Waals surface area contributed by atoms with E-state index in [1.807, 2.05) is 0 Å². The van der Waals surface area contributed by atoms with Crippen LogP contribution in [-0.4, -0.2) is 26.2 Å². The molecule has 1 unspecified atom stereocenters. The maximum absolute atomic E-state index is 6.03. The van der Waals surface area contributed by atoms with Crippen LogP contribution in [-0.2, 0) is 6.42 Å². The minimum absolute atomic E-state index is 0.279. The molecule has 1 aromatic carbocycles. The summed E-state index contributed by atoms with van der Waals surface area (Å²) >= 11 is 0. The molecule has 0 aliphatic carbocycles. The summed E-state index contributed by atoms with van der Waals surface area (Å²) in [6.45, 7) is 6.42. The van der Waals surface area contributed by atoms with Crippen molar-refractivity contribution in [1.29, 1.82) is 0 Å². The molecular formula is C16H24N2O. The molecule has 0 aromatic heterocycles. The third kappa shape index (κ3) is 3.03. The Balaban J connectivity index is 1.63. The highest BCUT2D eigenvalue weighted by Crippen LogP contribution is 2.30. The molecule has 0 amide bonds. The monoisotopic (exact) mass is 260 g/mol. The van der Waals surface area contributed by atoms with Gasteiger partial charge in [0.1, 0.15) is 5.75 Å². The van der Waals surface area contributed by atoms with Crippen molar-refractivity contribution in [3.8, 4) is 5.75 Å². The van der Waals surface area contributed by atoms with Crippen LogP contribution in [0, 0.1) is 5.41 Å². The molecule has 0 bridgehead atoms. The van der Waals surface area contributed by atoms with Crippen LogP contribution in [0.5, 0.6) is 5.75 Å². The third-order valence-electron chi connectivity index (χ3n) is 4.29. The summed E-state index contributed by atoms with van der Waals surface area (Å²) in [4.78, 5) is 0. The summed E-state index contributed by atoms with van der Waals surface area (Å²) in [5.74, 6) is 1.000. The van der Waals surface area contributed by atoms with Gasteiger partial charge in [0.15, 0.2) is 0 Å². The maximum atomic E-state index is 6.03. The van der Waals surface area contributed by atoms with Crippen LogP contribution in [0.1, 0.15) is 31.7 Å². The smallest absolute Gasteiger partial charge is 0.121 e. The van der Waals surface area contributed by atoms with E-state index in [1.54, 1.807) is 0 Å². The number of rotatable bonds is 3. The van der Waals surface area contributed by atoms with Crippen molar-refractivity contribution >= 4 is 5.69 Å². The van der Waals surface area contributed by atoms with Crippen molar-refractivity contribution in [2.24, 2.45) is 5.41 Å². The minimum Gasteiger partial charge on any atom is -0.493 e. The molecular weight excluding hydrogens is 236 g/mol. The maximum Gasteiger partial charge on any atom is 0.121 e. The highest BCUT2D eigenvalue weighted by molar-refractivity contribution is 5.56. The van der Waals surface area contributed by atoms with Crippen LogP contribution in [0.2, 0.25) is 0 Å². The molecule has 3 nitrogen and oxygen atoms in total. The van der Waals surface area contributed by atoms with Crippen molar-refractivity contribution in [3.63, 3.8) is 0 Å². The van der Waals surface area contributed by atoms with Gasteiger partial charge >= 0.3 is 0 Å². The molecule has 2 aliphatic heterocycles. The Morgan fingerprint density at radius 1 is 1.26 bits per heavy atom. The molecule has 2 aliphatic rings. The summed E-state index contributed by atoms with van der Waals surface area (Å²) in [6, 6.07) is 6.48. The predicted octanol–water partition coefficient (Wildman–Crippen LogP) is 2.81. The lowest BCUT2D eigenvalue weighted by Crippen LogP contribution is -2.41. The number of nitrogens with one attached hydrogen (secondary N) is 2. The zero-order valence-electron chi connectivity index (χ0n) is 11.8. The number of anilines is 1. The molecule has 0 saturated carbocycles. The van der Waals surface area contributed by atoms with E-state index in [2.05, 4.69) is 35.8 Å². The van der Waals surface area contributed by atoms with E-state index < -0.39 is 0 Å². The molecule has 1 aromatic rings. The van der Waals surface area contributed by atoms with Crippen molar-refractivity contribution in [3.05, 3.63) is 23.8 Å². The molecule has 0 radical (unpaired) electrons. The predicted molar refractivity (Wildman–Crippen MR) is 79.0 cm³/mol. The van der Waals surface area contributed by atoms with Gasteiger partial charge in [-0.25, -0.2) is 0 Å². The fourth-order valence-electron chi connectivity index (χ4n) is 3.03. The normalized spacial score (nSPS) is 26.4. The van der Waals surface area contributed by atoms with Gasteiger partial charge in [0.25, 0.3) is 0 Å². The fraction of sp³-hybridized carbons (Fsp3) is 0.625. The van der Waals surface area contributed by atoms with E-state index in [4.69, 9.17) is 4.74 Å². The number of fused-ring (bicyclic) bond motifs is 1. The van der Waals surface area contributed by atoms with E-state index in [0.29, 0.717) is 0 Å². The van der Waals surface area contributed by atoms with Crippen LogP contribution in [0.25, 0.3) is 0 Å². The molecule has 3 heteroatoms. The van der Waals surface area contributed by atoms with Gasteiger partial charge in [-0.15, -0.1) is 0 Å². The molecule has 1 saturated heterocycles. The Hall–Kier alpha value is -1.22. The first kappa shape index (κ1) is 12.8. The summed E-state index contributed by atoms with van der Waals surface area (Å²) in [7, 11) is 0. The number of hydrogen-bond acceptors (Lipinski definition) is 3.